The van der Waals surface area contributed by atoms with E-state index in [1.807, 2.05) is 31.2 Å². The summed E-state index contributed by atoms with van der Waals surface area (Å²) in [4.78, 5) is 0. The summed E-state index contributed by atoms with van der Waals surface area (Å²) in [5.74, 6) is 0. The lowest BCUT2D eigenvalue weighted by atomic mass is 10.1. The number of halogens is 2. The average molecular weight is 276 g/mol. The zero-order valence-corrected chi connectivity index (χ0v) is 10.3. The summed E-state index contributed by atoms with van der Waals surface area (Å²) < 4.78 is 0.949. The van der Waals surface area contributed by atoms with Crippen molar-refractivity contribution in [3.63, 3.8) is 0 Å². The molecule has 14 heavy (non-hydrogen) atoms. The molecule has 1 rings (SSSR count). The molecular weight excluding hydrogens is 263 g/mol. The number of aliphatic hydroxyl groups is 1. The summed E-state index contributed by atoms with van der Waals surface area (Å²) in [6.07, 6.45) is 2.83. The molecule has 0 aliphatic heterocycles. The maximum Gasteiger partial charge on any atom is 0.0644 e. The second kappa shape index (κ2) is 5.54. The first-order chi connectivity index (χ1) is 6.67. The van der Waals surface area contributed by atoms with Gasteiger partial charge in [-0.15, -0.1) is 0 Å². The lowest BCUT2D eigenvalue weighted by molar-refractivity contribution is 0.329. The summed E-state index contributed by atoms with van der Waals surface area (Å²) >= 11 is 9.24. The molecule has 0 unspecified atom stereocenters. The molecule has 0 amide bonds. The molecule has 76 valence electrons. The van der Waals surface area contributed by atoms with Crippen LogP contribution in [0.15, 0.2) is 28.2 Å². The van der Waals surface area contributed by atoms with Crippen LogP contribution in [0.2, 0.25) is 5.02 Å². The molecular formula is C11H12BrClO. The lowest BCUT2D eigenvalue weighted by Gasteiger charge is -2.03. The minimum atomic E-state index is 0.103. The number of rotatable bonds is 3. The largest absolute Gasteiger partial charge is 0.392 e. The van der Waals surface area contributed by atoms with Crippen molar-refractivity contribution in [1.82, 2.24) is 0 Å². The van der Waals surface area contributed by atoms with Gasteiger partial charge in [0, 0.05) is 9.50 Å². The van der Waals surface area contributed by atoms with Gasteiger partial charge in [-0.2, -0.15) is 0 Å². The van der Waals surface area contributed by atoms with Gasteiger partial charge >= 0.3 is 0 Å². The molecule has 3 heteroatoms. The van der Waals surface area contributed by atoms with E-state index < -0.39 is 0 Å². The molecule has 0 heterocycles. The van der Waals surface area contributed by atoms with Crippen molar-refractivity contribution in [2.45, 2.75) is 13.3 Å². The van der Waals surface area contributed by atoms with E-state index in [1.54, 1.807) is 0 Å². The van der Waals surface area contributed by atoms with Gasteiger partial charge in [-0.05, 0) is 29.7 Å². The van der Waals surface area contributed by atoms with Gasteiger partial charge in [0.25, 0.3) is 0 Å². The highest BCUT2D eigenvalue weighted by Gasteiger charge is 1.99. The third-order valence-corrected chi connectivity index (χ3v) is 2.90. The normalized spacial score (nSPS) is 11.9. The second-order valence-electron chi connectivity index (χ2n) is 2.98. The Morgan fingerprint density at radius 1 is 1.57 bits per heavy atom. The molecule has 0 atom stereocenters. The van der Waals surface area contributed by atoms with Gasteiger partial charge in [0.1, 0.15) is 0 Å². The molecule has 1 aromatic rings. The van der Waals surface area contributed by atoms with Crippen LogP contribution in [0, 0.1) is 0 Å². The predicted molar refractivity (Wildman–Crippen MR) is 64.5 cm³/mol. The molecule has 0 saturated carbocycles. The fraction of sp³-hybridized carbons (Fsp3) is 0.273. The number of hydrogen-bond acceptors (Lipinski definition) is 1. The maximum atomic E-state index is 9.02. The smallest absolute Gasteiger partial charge is 0.0644 e. The van der Waals surface area contributed by atoms with Crippen molar-refractivity contribution >= 4 is 33.6 Å². The zero-order valence-electron chi connectivity index (χ0n) is 7.93. The number of benzene rings is 1. The first-order valence-electron chi connectivity index (χ1n) is 4.42. The highest BCUT2D eigenvalue weighted by molar-refractivity contribution is 9.10. The summed E-state index contributed by atoms with van der Waals surface area (Å²) in [7, 11) is 0. The molecule has 0 saturated heterocycles. The first-order valence-corrected chi connectivity index (χ1v) is 5.59. The third kappa shape index (κ3) is 3.12. The van der Waals surface area contributed by atoms with Crippen molar-refractivity contribution in [1.29, 1.82) is 0 Å². The first kappa shape index (κ1) is 11.8. The fourth-order valence-electron chi connectivity index (χ4n) is 1.10. The summed E-state index contributed by atoms with van der Waals surface area (Å²) in [5, 5.41) is 9.73. The van der Waals surface area contributed by atoms with E-state index in [4.69, 9.17) is 16.7 Å². The average Bonchev–Trinajstić information content (AvgIpc) is 2.17. The minimum absolute atomic E-state index is 0.103. The molecule has 1 N–H and O–H groups in total. The highest BCUT2D eigenvalue weighted by atomic mass is 79.9. The maximum absolute atomic E-state index is 9.02. The molecule has 0 radical (unpaired) electrons. The van der Waals surface area contributed by atoms with Crippen LogP contribution in [0.25, 0.3) is 6.08 Å². The Balaban J connectivity index is 3.02. The molecule has 0 bridgehead atoms. The van der Waals surface area contributed by atoms with Gasteiger partial charge in [-0.1, -0.05) is 46.6 Å². The van der Waals surface area contributed by atoms with E-state index in [0.29, 0.717) is 5.02 Å². The van der Waals surface area contributed by atoms with Gasteiger partial charge in [0.2, 0.25) is 0 Å². The van der Waals surface area contributed by atoms with Gasteiger partial charge < -0.3 is 5.11 Å². The van der Waals surface area contributed by atoms with Crippen LogP contribution in [-0.4, -0.2) is 11.7 Å². The van der Waals surface area contributed by atoms with Gasteiger partial charge in [-0.25, -0.2) is 0 Å². The van der Waals surface area contributed by atoms with E-state index in [-0.39, 0.29) is 6.61 Å². The highest BCUT2D eigenvalue weighted by Crippen LogP contribution is 2.23. The van der Waals surface area contributed by atoms with Crippen LogP contribution in [0.4, 0.5) is 0 Å². The molecule has 0 aliphatic carbocycles. The second-order valence-corrected chi connectivity index (χ2v) is 4.27. The van der Waals surface area contributed by atoms with Crippen molar-refractivity contribution in [3.8, 4) is 0 Å². The Kier molecular flexibility index (Phi) is 4.66. The molecule has 1 aromatic carbocycles. The molecule has 1 nitrogen and oxygen atoms in total. The number of hydrogen-bond donors (Lipinski definition) is 1. The summed E-state index contributed by atoms with van der Waals surface area (Å²) in [6, 6.07) is 5.61. The van der Waals surface area contributed by atoms with Crippen LogP contribution < -0.4 is 0 Å². The molecule has 0 aromatic heterocycles. The zero-order chi connectivity index (χ0) is 10.6. The Bertz CT molecular complexity index is 341. The van der Waals surface area contributed by atoms with Gasteiger partial charge in [0.05, 0.1) is 6.61 Å². The summed E-state index contributed by atoms with van der Waals surface area (Å²) in [5.41, 5.74) is 2.05. The van der Waals surface area contributed by atoms with Crippen LogP contribution >= 0.6 is 27.5 Å². The number of aliphatic hydroxyl groups excluding tert-OH is 1. The quantitative estimate of drug-likeness (QED) is 0.887. The van der Waals surface area contributed by atoms with Crippen molar-refractivity contribution in [2.75, 3.05) is 6.61 Å². The van der Waals surface area contributed by atoms with Crippen LogP contribution in [0.1, 0.15) is 18.9 Å². The lowest BCUT2D eigenvalue weighted by Crippen LogP contribution is -1.88. The van der Waals surface area contributed by atoms with Crippen molar-refractivity contribution in [2.24, 2.45) is 0 Å². The predicted octanol–water partition coefficient (Wildman–Crippen LogP) is 3.89. The minimum Gasteiger partial charge on any atom is -0.392 e. The standard InChI is InChI=1S/C11H12BrClO/c1-2-8(7-14)5-9-3-4-10(13)6-11(9)12/h3-6,14H,2,7H2,1H3/b8-5+. The monoisotopic (exact) mass is 274 g/mol. The van der Waals surface area contributed by atoms with Crippen LogP contribution in [0.5, 0.6) is 0 Å². The van der Waals surface area contributed by atoms with E-state index >= 15 is 0 Å². The van der Waals surface area contributed by atoms with E-state index in [1.165, 1.54) is 0 Å². The fourth-order valence-corrected chi connectivity index (χ4v) is 1.90. The van der Waals surface area contributed by atoms with Crippen LogP contribution in [0.3, 0.4) is 0 Å². The molecule has 0 aliphatic rings. The van der Waals surface area contributed by atoms with Crippen molar-refractivity contribution < 1.29 is 5.11 Å². The van der Waals surface area contributed by atoms with E-state index in [0.717, 1.165) is 22.0 Å². The molecule has 0 spiro atoms. The third-order valence-electron chi connectivity index (χ3n) is 1.98. The topological polar surface area (TPSA) is 20.2 Å². The van der Waals surface area contributed by atoms with Crippen molar-refractivity contribution in [3.05, 3.63) is 38.8 Å². The Morgan fingerprint density at radius 3 is 2.79 bits per heavy atom. The van der Waals surface area contributed by atoms with Crippen LogP contribution in [-0.2, 0) is 0 Å². The summed E-state index contributed by atoms with van der Waals surface area (Å²) in [6.45, 7) is 2.12. The molecule has 0 fully saturated rings. The van der Waals surface area contributed by atoms with Gasteiger partial charge in [-0.3, -0.25) is 0 Å². The van der Waals surface area contributed by atoms with E-state index in [2.05, 4.69) is 15.9 Å². The Morgan fingerprint density at radius 2 is 2.29 bits per heavy atom. The van der Waals surface area contributed by atoms with E-state index in [9.17, 15) is 0 Å². The Hall–Kier alpha value is -0.310. The SMILES string of the molecule is CC/C(=C\c1ccc(Cl)cc1Br)CO. The Labute approximate surface area is 97.5 Å². The van der Waals surface area contributed by atoms with Gasteiger partial charge in [0.15, 0.2) is 0 Å².